The van der Waals surface area contributed by atoms with Crippen LogP contribution in [0, 0.1) is 0 Å². The third kappa shape index (κ3) is 4.08. The monoisotopic (exact) mass is 308 g/mol. The largest absolute Gasteiger partial charge is 0.478 e. The van der Waals surface area contributed by atoms with Gasteiger partial charge in [0.1, 0.15) is 11.5 Å². The number of halogens is 3. The molecule has 4 nitrogen and oxygen atoms in total. The maximum Gasteiger partial charge on any atom is 0.433 e. The fraction of sp³-hybridized carbons (Fsp3) is 0.0667. The van der Waals surface area contributed by atoms with Crippen LogP contribution in [0.2, 0.25) is 0 Å². The van der Waals surface area contributed by atoms with Crippen LogP contribution in [0.3, 0.4) is 0 Å². The van der Waals surface area contributed by atoms with Gasteiger partial charge in [-0.1, -0.05) is 18.2 Å². The summed E-state index contributed by atoms with van der Waals surface area (Å²) in [5.41, 5.74) is -0.281. The molecule has 7 heteroatoms. The first-order valence-corrected chi connectivity index (χ1v) is 6.17. The van der Waals surface area contributed by atoms with Crippen molar-refractivity contribution in [1.29, 1.82) is 0 Å². The normalized spacial score (nSPS) is 11.6. The van der Waals surface area contributed by atoms with Crippen molar-refractivity contribution in [3.8, 4) is 0 Å². The van der Waals surface area contributed by atoms with E-state index in [1.807, 2.05) is 0 Å². The molecule has 0 saturated heterocycles. The lowest BCUT2D eigenvalue weighted by Gasteiger charge is -2.12. The number of alkyl halides is 3. The fourth-order valence-electron chi connectivity index (χ4n) is 1.68. The SMILES string of the molecule is O=C(O)/C=C/c1ccc(C(F)(F)F)nc1Nc1ccccc1. The van der Waals surface area contributed by atoms with Crippen molar-refractivity contribution in [2.45, 2.75) is 6.18 Å². The van der Waals surface area contributed by atoms with Gasteiger partial charge in [0.2, 0.25) is 0 Å². The highest BCUT2D eigenvalue weighted by Crippen LogP contribution is 2.30. The number of carboxylic acid groups (broad SMARTS) is 1. The third-order valence-electron chi connectivity index (χ3n) is 2.66. The minimum atomic E-state index is -4.58. The van der Waals surface area contributed by atoms with E-state index in [-0.39, 0.29) is 11.4 Å². The quantitative estimate of drug-likeness (QED) is 0.840. The maximum absolute atomic E-state index is 12.8. The third-order valence-corrected chi connectivity index (χ3v) is 2.66. The summed E-state index contributed by atoms with van der Waals surface area (Å²) >= 11 is 0. The van der Waals surface area contributed by atoms with Gasteiger partial charge in [-0.15, -0.1) is 0 Å². The molecule has 1 aromatic heterocycles. The highest BCUT2D eigenvalue weighted by molar-refractivity contribution is 5.86. The summed E-state index contributed by atoms with van der Waals surface area (Å²) in [6.07, 6.45) is -2.57. The molecule has 0 aliphatic heterocycles. The van der Waals surface area contributed by atoms with Gasteiger partial charge in [-0.25, -0.2) is 9.78 Å². The van der Waals surface area contributed by atoms with Crippen LogP contribution >= 0.6 is 0 Å². The first-order chi connectivity index (χ1) is 10.4. The summed E-state index contributed by atoms with van der Waals surface area (Å²) in [6.45, 7) is 0. The van der Waals surface area contributed by atoms with Gasteiger partial charge in [-0.05, 0) is 30.3 Å². The smallest absolute Gasteiger partial charge is 0.433 e. The Labute approximate surface area is 123 Å². The number of pyridine rings is 1. The summed E-state index contributed by atoms with van der Waals surface area (Å²) < 4.78 is 38.3. The predicted octanol–water partition coefficient (Wildman–Crippen LogP) is 3.94. The number of benzene rings is 1. The van der Waals surface area contributed by atoms with Crippen LogP contribution < -0.4 is 5.32 Å². The number of rotatable bonds is 4. The molecule has 0 aliphatic carbocycles. The molecular weight excluding hydrogens is 297 g/mol. The average molecular weight is 308 g/mol. The summed E-state index contributed by atoms with van der Waals surface area (Å²) in [5, 5.41) is 11.4. The molecule has 22 heavy (non-hydrogen) atoms. The molecule has 0 radical (unpaired) electrons. The lowest BCUT2D eigenvalue weighted by Crippen LogP contribution is -2.10. The molecule has 0 unspecified atom stereocenters. The van der Waals surface area contributed by atoms with E-state index in [0.717, 1.165) is 12.1 Å². The minimum absolute atomic E-state index is 0.0708. The van der Waals surface area contributed by atoms with E-state index < -0.39 is 17.8 Å². The average Bonchev–Trinajstić information content (AvgIpc) is 2.46. The van der Waals surface area contributed by atoms with E-state index in [9.17, 15) is 18.0 Å². The second kappa shape index (κ2) is 6.30. The van der Waals surface area contributed by atoms with E-state index >= 15 is 0 Å². The van der Waals surface area contributed by atoms with Gasteiger partial charge in [0, 0.05) is 17.3 Å². The summed E-state index contributed by atoms with van der Waals surface area (Å²) in [7, 11) is 0. The Morgan fingerprint density at radius 1 is 1.14 bits per heavy atom. The van der Waals surface area contributed by atoms with Crippen LogP contribution in [0.4, 0.5) is 24.7 Å². The van der Waals surface area contributed by atoms with Gasteiger partial charge >= 0.3 is 12.1 Å². The number of carboxylic acids is 1. The lowest BCUT2D eigenvalue weighted by molar-refractivity contribution is -0.141. The van der Waals surface area contributed by atoms with Crippen molar-refractivity contribution < 1.29 is 23.1 Å². The Morgan fingerprint density at radius 2 is 1.82 bits per heavy atom. The molecule has 0 amide bonds. The fourth-order valence-corrected chi connectivity index (χ4v) is 1.68. The Bertz CT molecular complexity index is 698. The van der Waals surface area contributed by atoms with Gasteiger partial charge in [-0.2, -0.15) is 13.2 Å². The molecule has 0 aliphatic rings. The molecule has 0 spiro atoms. The molecule has 1 aromatic carbocycles. The topological polar surface area (TPSA) is 62.2 Å². The molecule has 0 saturated carbocycles. The van der Waals surface area contributed by atoms with Gasteiger partial charge in [0.25, 0.3) is 0 Å². The second-order valence-electron chi connectivity index (χ2n) is 4.29. The van der Waals surface area contributed by atoms with E-state index in [4.69, 9.17) is 5.11 Å². The number of carbonyl (C=O) groups is 1. The first-order valence-electron chi connectivity index (χ1n) is 6.17. The zero-order chi connectivity index (χ0) is 16.2. The molecule has 0 bridgehead atoms. The number of nitrogens with zero attached hydrogens (tertiary/aromatic N) is 1. The van der Waals surface area contributed by atoms with Gasteiger partial charge in [-0.3, -0.25) is 0 Å². The van der Waals surface area contributed by atoms with Crippen molar-refractivity contribution in [2.24, 2.45) is 0 Å². The van der Waals surface area contributed by atoms with Crippen LogP contribution in [-0.4, -0.2) is 16.1 Å². The summed E-state index contributed by atoms with van der Waals surface area (Å²) in [5.74, 6) is -1.27. The lowest BCUT2D eigenvalue weighted by atomic mass is 10.2. The highest BCUT2D eigenvalue weighted by Gasteiger charge is 2.32. The molecule has 2 N–H and O–H groups in total. The molecule has 2 rings (SSSR count). The van der Waals surface area contributed by atoms with Crippen LogP contribution in [0.25, 0.3) is 6.08 Å². The zero-order valence-electron chi connectivity index (χ0n) is 11.1. The van der Waals surface area contributed by atoms with Gasteiger partial charge in [0.15, 0.2) is 0 Å². The highest BCUT2D eigenvalue weighted by atomic mass is 19.4. The van der Waals surface area contributed by atoms with Crippen LogP contribution in [0.15, 0.2) is 48.5 Å². The molecule has 1 heterocycles. The number of aromatic nitrogens is 1. The van der Waals surface area contributed by atoms with Crippen molar-refractivity contribution in [2.75, 3.05) is 5.32 Å². The Kier molecular flexibility index (Phi) is 4.45. The second-order valence-corrected chi connectivity index (χ2v) is 4.29. The molecule has 114 valence electrons. The zero-order valence-corrected chi connectivity index (χ0v) is 11.1. The number of aliphatic carboxylic acids is 1. The Morgan fingerprint density at radius 3 is 2.41 bits per heavy atom. The number of hydrogen-bond donors (Lipinski definition) is 2. The Hall–Kier alpha value is -2.83. The van der Waals surface area contributed by atoms with E-state index in [2.05, 4.69) is 10.3 Å². The van der Waals surface area contributed by atoms with E-state index in [1.54, 1.807) is 30.3 Å². The number of hydrogen-bond acceptors (Lipinski definition) is 3. The number of nitrogens with one attached hydrogen (secondary N) is 1. The number of para-hydroxylation sites is 1. The minimum Gasteiger partial charge on any atom is -0.478 e. The number of anilines is 2. The molecule has 2 aromatic rings. The van der Waals surface area contributed by atoms with E-state index in [0.29, 0.717) is 5.69 Å². The van der Waals surface area contributed by atoms with Crippen LogP contribution in [-0.2, 0) is 11.0 Å². The van der Waals surface area contributed by atoms with Crippen LogP contribution in [0.1, 0.15) is 11.3 Å². The van der Waals surface area contributed by atoms with Crippen molar-refractivity contribution in [1.82, 2.24) is 4.98 Å². The van der Waals surface area contributed by atoms with Gasteiger partial charge in [0.05, 0.1) is 0 Å². The molecule has 0 atom stereocenters. The van der Waals surface area contributed by atoms with Crippen LogP contribution in [0.5, 0.6) is 0 Å². The van der Waals surface area contributed by atoms with E-state index in [1.165, 1.54) is 12.1 Å². The Balaban J connectivity index is 2.43. The van der Waals surface area contributed by atoms with Crippen molar-refractivity contribution >= 4 is 23.6 Å². The predicted molar refractivity (Wildman–Crippen MR) is 75.6 cm³/mol. The first kappa shape index (κ1) is 15.6. The summed E-state index contributed by atoms with van der Waals surface area (Å²) in [4.78, 5) is 14.1. The maximum atomic E-state index is 12.8. The summed E-state index contributed by atoms with van der Waals surface area (Å²) in [6, 6.07) is 10.5. The van der Waals surface area contributed by atoms with Crippen molar-refractivity contribution in [3.05, 3.63) is 59.8 Å². The molecule has 0 fully saturated rings. The van der Waals surface area contributed by atoms with Gasteiger partial charge < -0.3 is 10.4 Å². The standard InChI is InChI=1S/C15H11F3N2O2/c16-15(17,18)12-8-6-10(7-9-13(21)22)14(20-12)19-11-4-2-1-3-5-11/h1-9H,(H,19,20)(H,21,22)/b9-7+. The van der Waals surface area contributed by atoms with Crippen molar-refractivity contribution in [3.63, 3.8) is 0 Å². The molecular formula is C15H11F3N2O2.